The van der Waals surface area contributed by atoms with Crippen molar-refractivity contribution < 1.29 is 28.8 Å². The van der Waals surface area contributed by atoms with Crippen molar-refractivity contribution in [2.75, 3.05) is 19.8 Å². The van der Waals surface area contributed by atoms with E-state index in [1.165, 1.54) is 6.92 Å². The summed E-state index contributed by atoms with van der Waals surface area (Å²) in [6.45, 7) is 2.23. The quantitative estimate of drug-likeness (QED) is 0.212. The number of nitrogens with one attached hydrogen (secondary N) is 1. The van der Waals surface area contributed by atoms with Gasteiger partial charge in [-0.2, -0.15) is 0 Å². The smallest absolute Gasteiger partial charge is 0.217 e. The zero-order valence-corrected chi connectivity index (χ0v) is 19.0. The second kappa shape index (κ2) is 13.7. The van der Waals surface area contributed by atoms with Crippen LogP contribution in [-0.2, 0) is 37.0 Å². The molecule has 0 unspecified atom stereocenters. The van der Waals surface area contributed by atoms with Crippen molar-refractivity contribution in [2.24, 2.45) is 5.11 Å². The molecule has 1 saturated heterocycles. The summed E-state index contributed by atoms with van der Waals surface area (Å²) in [5.74, 6) is -0.350. The van der Waals surface area contributed by atoms with E-state index in [0.29, 0.717) is 6.61 Å². The van der Waals surface area contributed by atoms with Crippen LogP contribution in [0.25, 0.3) is 10.4 Å². The van der Waals surface area contributed by atoms with Crippen LogP contribution in [0.2, 0.25) is 0 Å². The summed E-state index contributed by atoms with van der Waals surface area (Å²) in [6.07, 6.45) is -3.56. The predicted molar refractivity (Wildman–Crippen MR) is 123 cm³/mol. The van der Waals surface area contributed by atoms with Crippen LogP contribution in [0.5, 0.6) is 0 Å². The lowest BCUT2D eigenvalue weighted by Gasteiger charge is -2.44. The molecule has 2 N–H and O–H groups in total. The highest BCUT2D eigenvalue weighted by Gasteiger charge is 2.47. The summed E-state index contributed by atoms with van der Waals surface area (Å²) in [5, 5.41) is 17.3. The van der Waals surface area contributed by atoms with Gasteiger partial charge in [0.15, 0.2) is 6.29 Å². The third kappa shape index (κ3) is 7.81. The van der Waals surface area contributed by atoms with Gasteiger partial charge in [0, 0.05) is 18.4 Å². The number of aliphatic hydroxyl groups excluding tert-OH is 1. The van der Waals surface area contributed by atoms with E-state index in [1.54, 1.807) is 0 Å². The fraction of sp³-hybridized carbons (Fsp3) is 0.458. The first-order chi connectivity index (χ1) is 16.6. The summed E-state index contributed by atoms with van der Waals surface area (Å²) in [7, 11) is 0. The lowest BCUT2D eigenvalue weighted by molar-refractivity contribution is -0.281. The minimum Gasteiger partial charge on any atom is -0.388 e. The molecule has 0 saturated carbocycles. The van der Waals surface area contributed by atoms with E-state index in [4.69, 9.17) is 24.5 Å². The normalized spacial score (nSPS) is 24.2. The molecular weight excluding hydrogens is 440 g/mol. The van der Waals surface area contributed by atoms with Gasteiger partial charge in [-0.05, 0) is 16.7 Å². The van der Waals surface area contributed by atoms with Gasteiger partial charge in [0.05, 0.1) is 26.4 Å². The Bertz CT molecular complexity index is 926. The third-order valence-electron chi connectivity index (χ3n) is 5.26. The van der Waals surface area contributed by atoms with Crippen LogP contribution >= 0.6 is 0 Å². The molecule has 2 aromatic carbocycles. The molecule has 3 rings (SSSR count). The number of hydrogen-bond acceptors (Lipinski definition) is 7. The van der Waals surface area contributed by atoms with Crippen molar-refractivity contribution in [3.8, 4) is 0 Å². The molecule has 1 aliphatic rings. The third-order valence-corrected chi connectivity index (χ3v) is 5.26. The zero-order chi connectivity index (χ0) is 24.2. The van der Waals surface area contributed by atoms with E-state index in [0.717, 1.165) is 11.1 Å². The van der Waals surface area contributed by atoms with Crippen molar-refractivity contribution in [1.82, 2.24) is 5.32 Å². The minimum absolute atomic E-state index is 0.0602. The van der Waals surface area contributed by atoms with Gasteiger partial charge in [0.2, 0.25) is 5.91 Å². The highest BCUT2D eigenvalue weighted by atomic mass is 16.7. The maximum atomic E-state index is 11.8. The fourth-order valence-electron chi connectivity index (χ4n) is 3.68. The minimum atomic E-state index is -1.13. The standard InChI is InChI=1S/C24H30N4O6/c1-17(29)27-21-22(30)23(33-15-19-10-6-3-7-11-19)20(34-24(21)32-13-12-26-28-25)16-31-14-18-8-4-2-5-9-18/h2-11,20-24,30H,12-16H2,1H3,(H,27,29)/t20-,21-,22-,23-,24-/m1/s1. The molecular formula is C24H30N4O6. The van der Waals surface area contributed by atoms with Crippen LogP contribution in [0.3, 0.4) is 0 Å². The molecule has 0 aromatic heterocycles. The average Bonchev–Trinajstić information content (AvgIpc) is 2.84. The Morgan fingerprint density at radius 2 is 1.74 bits per heavy atom. The number of hydrogen-bond donors (Lipinski definition) is 2. The maximum absolute atomic E-state index is 11.8. The summed E-state index contributed by atoms with van der Waals surface area (Å²) in [6, 6.07) is 18.4. The van der Waals surface area contributed by atoms with Crippen molar-refractivity contribution in [3.05, 3.63) is 82.2 Å². The highest BCUT2D eigenvalue weighted by molar-refractivity contribution is 5.73. The predicted octanol–water partition coefficient (Wildman–Crippen LogP) is 2.71. The van der Waals surface area contributed by atoms with Gasteiger partial charge in [-0.3, -0.25) is 4.79 Å². The van der Waals surface area contributed by atoms with Crippen molar-refractivity contribution >= 4 is 5.91 Å². The summed E-state index contributed by atoms with van der Waals surface area (Å²) < 4.78 is 23.8. The number of ether oxygens (including phenoxy) is 4. The molecule has 182 valence electrons. The molecule has 5 atom stereocenters. The summed E-state index contributed by atoms with van der Waals surface area (Å²) >= 11 is 0. The number of aliphatic hydroxyl groups is 1. The molecule has 0 bridgehead atoms. The molecule has 1 aliphatic heterocycles. The van der Waals surface area contributed by atoms with Crippen molar-refractivity contribution in [1.29, 1.82) is 0 Å². The molecule has 1 heterocycles. The Balaban J connectivity index is 1.72. The van der Waals surface area contributed by atoms with Crippen LogP contribution in [0.15, 0.2) is 65.8 Å². The average molecular weight is 471 g/mol. The Morgan fingerprint density at radius 1 is 1.09 bits per heavy atom. The second-order valence-corrected chi connectivity index (χ2v) is 7.85. The SMILES string of the molecule is CC(=O)N[C@H]1[C@H](OCCN=[N+]=[N-])O[C@H](COCc2ccccc2)[C@@H](OCc2ccccc2)[C@@H]1O. The first kappa shape index (κ1) is 25.6. The lowest BCUT2D eigenvalue weighted by Crippen LogP contribution is -2.65. The van der Waals surface area contributed by atoms with Crippen molar-refractivity contribution in [3.63, 3.8) is 0 Å². The number of nitrogens with zero attached hydrogens (tertiary/aromatic N) is 3. The molecule has 0 aliphatic carbocycles. The number of amides is 1. The lowest BCUT2D eigenvalue weighted by atomic mass is 9.96. The number of azide groups is 1. The molecule has 1 amide bonds. The second-order valence-electron chi connectivity index (χ2n) is 7.85. The molecule has 2 aromatic rings. The molecule has 10 heteroatoms. The van der Waals surface area contributed by atoms with Gasteiger partial charge in [0.1, 0.15) is 24.4 Å². The van der Waals surface area contributed by atoms with Crippen LogP contribution in [0.1, 0.15) is 18.1 Å². The first-order valence-electron chi connectivity index (χ1n) is 11.1. The van der Waals surface area contributed by atoms with E-state index >= 15 is 0 Å². The van der Waals surface area contributed by atoms with Crippen LogP contribution < -0.4 is 5.32 Å². The van der Waals surface area contributed by atoms with Gasteiger partial charge >= 0.3 is 0 Å². The molecule has 1 fully saturated rings. The summed E-state index contributed by atoms with van der Waals surface area (Å²) in [5.41, 5.74) is 10.4. The van der Waals surface area contributed by atoms with Crippen LogP contribution in [0, 0.1) is 0 Å². The van der Waals surface area contributed by atoms with Gasteiger partial charge < -0.3 is 29.4 Å². The molecule has 10 nitrogen and oxygen atoms in total. The monoisotopic (exact) mass is 470 g/mol. The van der Waals surface area contributed by atoms with E-state index in [2.05, 4.69) is 15.3 Å². The summed E-state index contributed by atoms with van der Waals surface area (Å²) in [4.78, 5) is 14.5. The van der Waals surface area contributed by atoms with Crippen LogP contribution in [-0.4, -0.2) is 61.4 Å². The number of rotatable bonds is 12. The topological polar surface area (TPSA) is 135 Å². The Labute approximate surface area is 198 Å². The number of benzene rings is 2. The van der Waals surface area contributed by atoms with E-state index in [1.807, 2.05) is 60.7 Å². The van der Waals surface area contributed by atoms with Gasteiger partial charge in [-0.15, -0.1) is 0 Å². The van der Waals surface area contributed by atoms with Gasteiger partial charge in [0.25, 0.3) is 0 Å². The Morgan fingerprint density at radius 3 is 2.35 bits per heavy atom. The number of carbonyl (C=O) groups is 1. The van der Waals surface area contributed by atoms with Gasteiger partial charge in [-0.1, -0.05) is 65.8 Å². The highest BCUT2D eigenvalue weighted by Crippen LogP contribution is 2.26. The zero-order valence-electron chi connectivity index (χ0n) is 19.0. The van der Waals surface area contributed by atoms with E-state index in [-0.39, 0.29) is 32.3 Å². The Hall–Kier alpha value is -2.98. The maximum Gasteiger partial charge on any atom is 0.217 e. The van der Waals surface area contributed by atoms with Crippen LogP contribution in [0.4, 0.5) is 0 Å². The molecule has 34 heavy (non-hydrogen) atoms. The van der Waals surface area contributed by atoms with Crippen molar-refractivity contribution in [2.45, 2.75) is 50.8 Å². The van der Waals surface area contributed by atoms with E-state index in [9.17, 15) is 9.90 Å². The van der Waals surface area contributed by atoms with E-state index < -0.39 is 30.6 Å². The molecule has 0 radical (unpaired) electrons. The first-order valence-corrected chi connectivity index (χ1v) is 11.1. The molecule has 0 spiro atoms. The number of carbonyl (C=O) groups excluding carboxylic acids is 1. The van der Waals surface area contributed by atoms with Gasteiger partial charge in [-0.25, -0.2) is 0 Å². The largest absolute Gasteiger partial charge is 0.388 e. The Kier molecular flexibility index (Phi) is 10.3. The fourth-order valence-corrected chi connectivity index (χ4v) is 3.68.